The fourth-order valence-electron chi connectivity index (χ4n) is 2.76. The van der Waals surface area contributed by atoms with Crippen LogP contribution in [0.2, 0.25) is 0 Å². The second-order valence-electron chi connectivity index (χ2n) is 6.70. The van der Waals surface area contributed by atoms with E-state index in [1.165, 1.54) is 11.9 Å². The molecule has 0 atom stereocenters. The lowest BCUT2D eigenvalue weighted by Gasteiger charge is -2.20. The highest BCUT2D eigenvalue weighted by atomic mass is 32.5. The minimum Gasteiger partial charge on any atom is -0.483 e. The van der Waals surface area contributed by atoms with E-state index >= 15 is 0 Å². The fraction of sp³-hybridized carbons (Fsp3) is 0.611. The van der Waals surface area contributed by atoms with Crippen molar-refractivity contribution in [3.8, 4) is 11.5 Å². The molecule has 2 rings (SSSR count). The molecular weight excluding hydrogens is 419 g/mol. The minimum atomic E-state index is -2.22. The third-order valence-corrected chi connectivity index (χ3v) is 7.74. The average molecular weight is 449 g/mol. The molecule has 1 heterocycles. The van der Waals surface area contributed by atoms with Crippen LogP contribution in [-0.2, 0) is 27.3 Å². The molecule has 1 amide bonds. The van der Waals surface area contributed by atoms with Crippen LogP contribution in [0.1, 0.15) is 33.3 Å². The van der Waals surface area contributed by atoms with Crippen LogP contribution in [0, 0.1) is 0 Å². The quantitative estimate of drug-likeness (QED) is 0.227. The van der Waals surface area contributed by atoms with Gasteiger partial charge >= 0.3 is 6.09 Å². The van der Waals surface area contributed by atoms with Gasteiger partial charge in [-0.05, 0) is 45.6 Å². The Hall–Kier alpha value is -0.830. The minimum absolute atomic E-state index is 0.288. The maximum Gasteiger partial charge on any atom is 0.413 e. The summed E-state index contributed by atoms with van der Waals surface area (Å²) >= 11 is 6.83. The number of rotatable bonds is 11. The zero-order valence-electron chi connectivity index (χ0n) is 16.8. The molecule has 28 heavy (non-hydrogen) atoms. The normalized spacial score (nSPS) is 15.0. The van der Waals surface area contributed by atoms with Gasteiger partial charge in [-0.3, -0.25) is 4.72 Å². The third kappa shape index (κ3) is 7.21. The number of fused-ring (bicyclic) bond motifs is 1. The van der Waals surface area contributed by atoms with Crippen LogP contribution in [0.4, 0.5) is 4.79 Å². The topological polar surface area (TPSA) is 78.1 Å². The Bertz CT molecular complexity index is 707. The maximum absolute atomic E-state index is 12.1. The summed E-state index contributed by atoms with van der Waals surface area (Å²) in [5, 5.41) is 2.70. The van der Waals surface area contributed by atoms with Crippen molar-refractivity contribution < 1.29 is 23.3 Å². The number of amides is 1. The maximum atomic E-state index is 12.1. The number of nitrogens with one attached hydrogen (secondary N) is 2. The van der Waals surface area contributed by atoms with E-state index in [9.17, 15) is 4.79 Å². The van der Waals surface area contributed by atoms with Gasteiger partial charge < -0.3 is 23.8 Å². The van der Waals surface area contributed by atoms with Crippen LogP contribution in [0.25, 0.3) is 0 Å². The summed E-state index contributed by atoms with van der Waals surface area (Å²) in [5.41, 5.74) is 0.759. The van der Waals surface area contributed by atoms with Crippen LogP contribution < -0.4 is 19.5 Å². The van der Waals surface area contributed by atoms with Gasteiger partial charge in [-0.15, -0.1) is 0 Å². The number of ether oxygens (including phenoxy) is 2. The van der Waals surface area contributed by atoms with Crippen molar-refractivity contribution in [1.82, 2.24) is 10.0 Å². The van der Waals surface area contributed by atoms with Crippen molar-refractivity contribution in [1.29, 1.82) is 0 Å². The second kappa shape index (κ2) is 10.8. The molecule has 0 spiro atoms. The Morgan fingerprint density at radius 3 is 2.71 bits per heavy atom. The van der Waals surface area contributed by atoms with Gasteiger partial charge in [-0.2, -0.15) is 0 Å². The average Bonchev–Trinajstić information content (AvgIpc) is 2.93. The van der Waals surface area contributed by atoms with Crippen molar-refractivity contribution in [3.63, 3.8) is 0 Å². The summed E-state index contributed by atoms with van der Waals surface area (Å²) < 4.78 is 25.6. The van der Waals surface area contributed by atoms with E-state index in [-0.39, 0.29) is 5.60 Å². The first-order valence-electron chi connectivity index (χ1n) is 9.28. The molecule has 0 radical (unpaired) electrons. The molecule has 2 N–H and O–H groups in total. The highest BCUT2D eigenvalue weighted by Crippen LogP contribution is 2.47. The molecule has 0 fully saturated rings. The van der Waals surface area contributed by atoms with E-state index in [0.29, 0.717) is 43.3 Å². The lowest BCUT2D eigenvalue weighted by Crippen LogP contribution is -2.28. The Morgan fingerprint density at radius 2 is 2.04 bits per heavy atom. The highest BCUT2D eigenvalue weighted by Gasteiger charge is 2.32. The standard InChI is InChI=1S/C18H29N2O5PS2/c1-5-22-26(27,23-6-2)11-10-20-28-13-19-17(21)24-15-9-7-8-14-12-18(3,4)25-16(14)15/h7-9,20H,5-6,10-13H2,1-4H3,(H,19,21). The van der Waals surface area contributed by atoms with Crippen molar-refractivity contribution in [2.45, 2.75) is 39.7 Å². The lowest BCUT2D eigenvalue weighted by molar-refractivity contribution is 0.133. The van der Waals surface area contributed by atoms with Crippen molar-refractivity contribution >= 4 is 36.3 Å². The molecule has 1 aliphatic rings. The van der Waals surface area contributed by atoms with Gasteiger partial charge in [0.1, 0.15) is 5.60 Å². The fourth-order valence-corrected chi connectivity index (χ4v) is 5.87. The summed E-state index contributed by atoms with van der Waals surface area (Å²) in [7, 11) is 0. The van der Waals surface area contributed by atoms with Gasteiger partial charge in [0.15, 0.2) is 18.0 Å². The Morgan fingerprint density at radius 1 is 1.32 bits per heavy atom. The molecule has 1 aromatic carbocycles. The first-order valence-corrected chi connectivity index (χ1v) is 13.1. The summed E-state index contributed by atoms with van der Waals surface area (Å²) in [5.74, 6) is 1.44. The van der Waals surface area contributed by atoms with E-state index in [1.54, 1.807) is 6.07 Å². The van der Waals surface area contributed by atoms with E-state index < -0.39 is 12.6 Å². The number of carbonyl (C=O) groups is 1. The van der Waals surface area contributed by atoms with Crippen LogP contribution in [0.15, 0.2) is 18.2 Å². The van der Waals surface area contributed by atoms with Crippen LogP contribution in [0.3, 0.4) is 0 Å². The zero-order chi connectivity index (χ0) is 20.6. The predicted molar refractivity (Wildman–Crippen MR) is 117 cm³/mol. The van der Waals surface area contributed by atoms with Gasteiger partial charge in [0, 0.05) is 24.7 Å². The summed E-state index contributed by atoms with van der Waals surface area (Å²) in [4.78, 5) is 12.1. The van der Waals surface area contributed by atoms with Gasteiger partial charge in [0.05, 0.1) is 19.1 Å². The molecule has 0 aliphatic carbocycles. The van der Waals surface area contributed by atoms with Crippen molar-refractivity contribution in [2.24, 2.45) is 0 Å². The molecule has 7 nitrogen and oxygen atoms in total. The first-order chi connectivity index (χ1) is 13.3. The van der Waals surface area contributed by atoms with Crippen molar-refractivity contribution in [3.05, 3.63) is 23.8 Å². The monoisotopic (exact) mass is 448 g/mol. The molecule has 0 aromatic heterocycles. The Kier molecular flexibility index (Phi) is 9.05. The number of hydrogen-bond acceptors (Lipinski definition) is 8. The molecule has 158 valence electrons. The van der Waals surface area contributed by atoms with Crippen LogP contribution >= 0.6 is 18.4 Å². The van der Waals surface area contributed by atoms with E-state index in [0.717, 1.165) is 12.0 Å². The van der Waals surface area contributed by atoms with Crippen LogP contribution in [-0.4, -0.2) is 43.5 Å². The highest BCUT2D eigenvalue weighted by molar-refractivity contribution is 8.09. The summed E-state index contributed by atoms with van der Waals surface area (Å²) in [6, 6.07) is 5.59. The Labute approximate surface area is 176 Å². The number of hydrogen-bond donors (Lipinski definition) is 2. The molecule has 0 bridgehead atoms. The lowest BCUT2D eigenvalue weighted by atomic mass is 10.0. The summed E-state index contributed by atoms with van der Waals surface area (Å²) in [6.07, 6.45) is 0.895. The van der Waals surface area contributed by atoms with Crippen molar-refractivity contribution in [2.75, 3.05) is 31.8 Å². The third-order valence-electron chi connectivity index (χ3n) is 3.79. The van der Waals surface area contributed by atoms with E-state index in [4.69, 9.17) is 30.3 Å². The summed E-state index contributed by atoms with van der Waals surface area (Å²) in [6.45, 7) is 7.34. The molecule has 0 unspecified atom stereocenters. The predicted octanol–water partition coefficient (Wildman–Crippen LogP) is 4.07. The Balaban J connectivity index is 1.69. The molecular formula is C18H29N2O5PS2. The number of para-hydroxylation sites is 1. The molecule has 1 aromatic rings. The molecule has 10 heteroatoms. The first kappa shape index (κ1) is 23.4. The molecule has 1 aliphatic heterocycles. The largest absolute Gasteiger partial charge is 0.483 e. The zero-order valence-corrected chi connectivity index (χ0v) is 19.3. The molecule has 0 saturated heterocycles. The number of benzene rings is 1. The second-order valence-corrected chi connectivity index (χ2v) is 11.4. The van der Waals surface area contributed by atoms with Gasteiger partial charge in [0.25, 0.3) is 0 Å². The van der Waals surface area contributed by atoms with E-state index in [2.05, 4.69) is 10.0 Å². The van der Waals surface area contributed by atoms with Gasteiger partial charge in [-0.25, -0.2) is 4.79 Å². The molecule has 0 saturated carbocycles. The number of carbonyl (C=O) groups excluding carboxylic acids is 1. The SMILES string of the molecule is CCOP(=S)(CCNSCNC(=O)Oc1cccc2c1OC(C)(C)C2)OCC. The van der Waals surface area contributed by atoms with Gasteiger partial charge in [-0.1, -0.05) is 24.1 Å². The van der Waals surface area contributed by atoms with Crippen LogP contribution in [0.5, 0.6) is 11.5 Å². The smallest absolute Gasteiger partial charge is 0.413 e. The van der Waals surface area contributed by atoms with E-state index in [1.807, 2.05) is 39.8 Å². The van der Waals surface area contributed by atoms with Gasteiger partial charge in [0.2, 0.25) is 0 Å².